The molecule has 0 unspecified atom stereocenters. The minimum Gasteiger partial charge on any atom is -0.395 e. The summed E-state index contributed by atoms with van der Waals surface area (Å²) < 4.78 is 10.0. The first-order chi connectivity index (χ1) is 5.36. The molecule has 0 atom stereocenters. The molecule has 0 aromatic carbocycles. The van der Waals surface area contributed by atoms with Gasteiger partial charge in [0.1, 0.15) is 0 Å². The Kier molecular flexibility index (Phi) is 3.81. The molecule has 11 heavy (non-hydrogen) atoms. The van der Waals surface area contributed by atoms with Crippen LogP contribution in [0.2, 0.25) is 0 Å². The van der Waals surface area contributed by atoms with Crippen molar-refractivity contribution in [1.29, 1.82) is 0 Å². The largest absolute Gasteiger partial charge is 0.395 e. The zero-order valence-electron chi connectivity index (χ0n) is 5.94. The highest BCUT2D eigenvalue weighted by atomic mass is 32.2. The maximum absolute atomic E-state index is 5.01. The Hall–Kier alpha value is -0.140. The van der Waals surface area contributed by atoms with Gasteiger partial charge < -0.3 is 8.37 Å². The van der Waals surface area contributed by atoms with Crippen LogP contribution in [0.1, 0.15) is 0 Å². The Bertz CT molecular complexity index is 196. The molecule has 1 heterocycles. The van der Waals surface area contributed by atoms with Gasteiger partial charge in [-0.25, -0.2) is 0 Å². The predicted octanol–water partition coefficient (Wildman–Crippen LogP) is 1.85. The number of aromatic nitrogens is 2. The summed E-state index contributed by atoms with van der Waals surface area (Å²) in [5.74, 6) is 0. The smallest absolute Gasteiger partial charge is 0.309 e. The molecule has 0 bridgehead atoms. The molecule has 7 heteroatoms. The van der Waals surface area contributed by atoms with E-state index in [0.717, 1.165) is 0 Å². The summed E-state index contributed by atoms with van der Waals surface area (Å²) in [5, 5.41) is 8.45. The summed E-state index contributed by atoms with van der Waals surface area (Å²) in [5.41, 5.74) is 0. The van der Waals surface area contributed by atoms with Gasteiger partial charge in [0.05, 0.1) is 24.1 Å². The van der Waals surface area contributed by atoms with Gasteiger partial charge in [0.2, 0.25) is 0 Å². The van der Waals surface area contributed by atoms with Crippen molar-refractivity contribution in [2.45, 2.75) is 0 Å². The highest BCUT2D eigenvalue weighted by Crippen LogP contribution is 2.27. The van der Waals surface area contributed by atoms with Crippen LogP contribution in [0.15, 0.2) is 0 Å². The summed E-state index contributed by atoms with van der Waals surface area (Å²) >= 11 is 3.74. The molecule has 0 fully saturated rings. The second-order valence-electron chi connectivity index (χ2n) is 1.33. The van der Waals surface area contributed by atoms with Crippen molar-refractivity contribution in [1.82, 2.24) is 10.2 Å². The van der Waals surface area contributed by atoms with E-state index >= 15 is 0 Å². The van der Waals surface area contributed by atoms with E-state index in [1.807, 2.05) is 12.5 Å². The third-order valence-electron chi connectivity index (χ3n) is 0.697. The van der Waals surface area contributed by atoms with Crippen molar-refractivity contribution < 1.29 is 8.37 Å². The van der Waals surface area contributed by atoms with Gasteiger partial charge in [-0.3, -0.25) is 0 Å². The Morgan fingerprint density at radius 1 is 1.09 bits per heavy atom. The van der Waals surface area contributed by atoms with E-state index in [1.54, 1.807) is 0 Å². The summed E-state index contributed by atoms with van der Waals surface area (Å²) in [6.07, 6.45) is 3.63. The van der Waals surface area contributed by atoms with Crippen LogP contribution in [0.4, 0.5) is 0 Å². The minimum atomic E-state index is 0.515. The first-order valence-electron chi connectivity index (χ1n) is 2.61. The molecular formula is C4H6N2O2S3. The van der Waals surface area contributed by atoms with Crippen LogP contribution in [0.25, 0.3) is 0 Å². The molecule has 0 spiro atoms. The van der Waals surface area contributed by atoms with Gasteiger partial charge in [-0.05, 0) is 11.3 Å². The number of nitrogens with zero attached hydrogens (tertiary/aromatic N) is 2. The number of hydrogen-bond donors (Lipinski definition) is 0. The highest BCUT2D eigenvalue weighted by molar-refractivity contribution is 7.94. The van der Waals surface area contributed by atoms with Crippen LogP contribution in [-0.2, 0) is 0 Å². The fourth-order valence-corrected chi connectivity index (χ4v) is 1.75. The van der Waals surface area contributed by atoms with Gasteiger partial charge in [-0.2, -0.15) is 0 Å². The third kappa shape index (κ3) is 2.76. The summed E-state index contributed by atoms with van der Waals surface area (Å²) in [4.78, 5) is 0. The van der Waals surface area contributed by atoms with Crippen molar-refractivity contribution in [3.05, 3.63) is 0 Å². The van der Waals surface area contributed by atoms with Crippen molar-refractivity contribution >= 4 is 35.4 Å². The highest BCUT2D eigenvalue weighted by Gasteiger charge is 2.04. The van der Waals surface area contributed by atoms with E-state index in [9.17, 15) is 0 Å². The van der Waals surface area contributed by atoms with Gasteiger partial charge in [-0.15, -0.1) is 0 Å². The SMILES string of the molecule is CSOc1nnc(OSC)s1. The normalized spacial score (nSPS) is 9.64. The zero-order chi connectivity index (χ0) is 8.10. The molecule has 0 N–H and O–H groups in total. The molecule has 0 saturated heterocycles. The average Bonchev–Trinajstić information content (AvgIpc) is 2.38. The molecule has 0 saturated carbocycles. The summed E-state index contributed by atoms with van der Waals surface area (Å²) in [6.45, 7) is 0. The molecule has 62 valence electrons. The topological polar surface area (TPSA) is 44.2 Å². The number of hydrogen-bond acceptors (Lipinski definition) is 7. The molecule has 0 aliphatic heterocycles. The van der Waals surface area contributed by atoms with Crippen molar-refractivity contribution in [3.8, 4) is 10.4 Å². The van der Waals surface area contributed by atoms with E-state index in [2.05, 4.69) is 10.2 Å². The van der Waals surface area contributed by atoms with E-state index in [1.165, 1.54) is 35.4 Å². The van der Waals surface area contributed by atoms with E-state index in [0.29, 0.717) is 10.4 Å². The Balaban J connectivity index is 2.51. The fourth-order valence-electron chi connectivity index (χ4n) is 0.407. The molecule has 1 rings (SSSR count). The zero-order valence-corrected chi connectivity index (χ0v) is 8.39. The van der Waals surface area contributed by atoms with E-state index < -0.39 is 0 Å². The fraction of sp³-hybridized carbons (Fsp3) is 0.500. The molecule has 0 aliphatic carbocycles. The minimum absolute atomic E-state index is 0.515. The van der Waals surface area contributed by atoms with Gasteiger partial charge >= 0.3 is 10.4 Å². The maximum Gasteiger partial charge on any atom is 0.309 e. The van der Waals surface area contributed by atoms with Crippen LogP contribution in [0, 0.1) is 0 Å². The van der Waals surface area contributed by atoms with Crippen LogP contribution in [0.3, 0.4) is 0 Å². The lowest BCUT2D eigenvalue weighted by Crippen LogP contribution is -1.77. The van der Waals surface area contributed by atoms with Crippen molar-refractivity contribution in [3.63, 3.8) is 0 Å². The van der Waals surface area contributed by atoms with Crippen LogP contribution in [-0.4, -0.2) is 22.7 Å². The monoisotopic (exact) mass is 210 g/mol. The first-order valence-corrected chi connectivity index (χ1v) is 5.73. The molecule has 1 aromatic rings. The van der Waals surface area contributed by atoms with Gasteiger partial charge in [0.15, 0.2) is 0 Å². The Morgan fingerprint density at radius 3 is 1.91 bits per heavy atom. The lowest BCUT2D eigenvalue weighted by atomic mass is 11.4. The lowest BCUT2D eigenvalue weighted by Gasteiger charge is -1.90. The maximum atomic E-state index is 5.01. The van der Waals surface area contributed by atoms with Gasteiger partial charge in [0.25, 0.3) is 0 Å². The van der Waals surface area contributed by atoms with E-state index in [4.69, 9.17) is 8.37 Å². The molecule has 1 aromatic heterocycles. The predicted molar refractivity (Wildman–Crippen MR) is 48.2 cm³/mol. The third-order valence-corrected chi connectivity index (χ3v) is 2.24. The van der Waals surface area contributed by atoms with E-state index in [-0.39, 0.29) is 0 Å². The molecule has 0 aliphatic rings. The van der Waals surface area contributed by atoms with Crippen molar-refractivity contribution in [2.24, 2.45) is 0 Å². The Morgan fingerprint density at radius 2 is 1.55 bits per heavy atom. The lowest BCUT2D eigenvalue weighted by molar-refractivity contribution is 0.609. The summed E-state index contributed by atoms with van der Waals surface area (Å²) in [6, 6.07) is 0. The van der Waals surface area contributed by atoms with Crippen LogP contribution >= 0.6 is 35.4 Å². The second-order valence-corrected chi connectivity index (χ2v) is 3.24. The van der Waals surface area contributed by atoms with Crippen molar-refractivity contribution in [2.75, 3.05) is 12.5 Å². The van der Waals surface area contributed by atoms with Gasteiger partial charge in [0, 0.05) is 12.5 Å². The first kappa shape index (κ1) is 8.95. The van der Waals surface area contributed by atoms with Crippen LogP contribution < -0.4 is 8.37 Å². The van der Waals surface area contributed by atoms with Crippen LogP contribution in [0.5, 0.6) is 10.4 Å². The standard InChI is InChI=1S/C4H6N2O2S3/c1-9-7-3-5-6-4(11-3)8-10-2/h1-2H3. The molecule has 0 radical (unpaired) electrons. The Labute approximate surface area is 77.1 Å². The number of rotatable bonds is 4. The summed E-state index contributed by atoms with van der Waals surface area (Å²) in [7, 11) is 0. The quantitative estimate of drug-likeness (QED) is 0.707. The molecule has 4 nitrogen and oxygen atoms in total. The second kappa shape index (κ2) is 4.68. The molecule has 0 amide bonds. The average molecular weight is 210 g/mol. The molecular weight excluding hydrogens is 204 g/mol. The van der Waals surface area contributed by atoms with Gasteiger partial charge in [-0.1, -0.05) is 10.2 Å².